The second-order valence-corrected chi connectivity index (χ2v) is 22.0. The fourth-order valence-corrected chi connectivity index (χ4v) is 10.4. The molecule has 0 saturated heterocycles. The highest BCUT2D eigenvalue weighted by Gasteiger charge is 2.37. The Balaban J connectivity index is 1.27. The number of hydrogen-bond acceptors (Lipinski definition) is 9. The van der Waals surface area contributed by atoms with E-state index in [9.17, 15) is 54.0 Å². The Labute approximate surface area is 396 Å². The van der Waals surface area contributed by atoms with Gasteiger partial charge in [-0.05, 0) is 87.6 Å². The number of carbonyl (C=O) groups excluding carboxylic acids is 2. The van der Waals surface area contributed by atoms with Crippen LogP contribution in [0.15, 0.2) is 54.6 Å². The minimum Gasteiger partial charge on any atom is -0.456 e. The molecule has 4 aromatic carbocycles. The van der Waals surface area contributed by atoms with Crippen molar-refractivity contribution in [3.63, 3.8) is 0 Å². The topological polar surface area (TPSA) is 163 Å². The van der Waals surface area contributed by atoms with Gasteiger partial charge in [-0.1, -0.05) is 18.6 Å². The zero-order valence-electron chi connectivity index (χ0n) is 39.4. The molecule has 1 amide bonds. The average molecular weight is 1000 g/mol. The molecule has 1 unspecified atom stereocenters. The first kappa shape index (κ1) is 51.1. The lowest BCUT2D eigenvalue weighted by molar-refractivity contribution is -0.135. The molecule has 0 radical (unpaired) electrons. The van der Waals surface area contributed by atoms with E-state index in [-0.39, 0.29) is 47.8 Å². The van der Waals surface area contributed by atoms with Crippen molar-refractivity contribution >= 4 is 57.3 Å². The molecule has 0 aliphatic carbocycles. The molecule has 368 valence electrons. The highest BCUT2D eigenvalue weighted by Crippen LogP contribution is 2.47. The standard InChI is InChI=1S/C49H51F5N3O10PS/c1-26-24-48(3,4)56(8)35-22-37-33(20-30(26)35)40(34-21-31-27(2)25-49(5,6)57(9)36(31)23-38(34)66-37)29-15-14-28(19-32(29)47(59)55(7)16-18-69(62,63)64)68(60,61)65-17-12-10-11-13-39(58)67-46-44(53)42(51)41(50)43(52)45(46)54/h14-15,19-25H,10-13,16-18H2,1-9H3,(H-,60,61,62,63,64)/p+1. The number of benzene rings is 4. The van der Waals surface area contributed by atoms with Crippen LogP contribution in [0, 0.1) is 29.1 Å². The first-order valence-electron chi connectivity index (χ1n) is 21.9. The molecule has 3 heterocycles. The average Bonchev–Trinajstić information content (AvgIpc) is 3.27. The number of unbranched alkanes of at least 4 members (excludes halogenated alkanes) is 2. The normalized spacial score (nSPS) is 16.6. The third-order valence-electron chi connectivity index (χ3n) is 12.9. The molecule has 2 N–H and O–H groups in total. The Morgan fingerprint density at radius 1 is 0.841 bits per heavy atom. The van der Waals surface area contributed by atoms with Crippen LogP contribution in [0.25, 0.3) is 16.7 Å². The molecule has 1 atom stereocenters. The molecular weight excluding hydrogens is 949 g/mol. The van der Waals surface area contributed by atoms with E-state index in [1.165, 1.54) is 25.2 Å². The van der Waals surface area contributed by atoms with Gasteiger partial charge in [0.25, 0.3) is 16.0 Å². The summed E-state index contributed by atoms with van der Waals surface area (Å²) < 4.78 is 135. The Hall–Kier alpha value is -5.72. The molecule has 3 aliphatic rings. The fraction of sp³-hybridized carbons (Fsp3) is 0.367. The van der Waals surface area contributed by atoms with Crippen molar-refractivity contribution in [3.8, 4) is 17.2 Å². The molecule has 0 fully saturated rings. The minimum atomic E-state index is -4.74. The predicted octanol–water partition coefficient (Wildman–Crippen LogP) is 7.64. The van der Waals surface area contributed by atoms with Crippen molar-refractivity contribution in [2.45, 2.75) is 78.3 Å². The van der Waals surface area contributed by atoms with Crippen molar-refractivity contribution in [1.29, 1.82) is 0 Å². The summed E-state index contributed by atoms with van der Waals surface area (Å²) in [4.78, 5) is 41.4. The second-order valence-electron chi connectivity index (χ2n) is 18.6. The van der Waals surface area contributed by atoms with Gasteiger partial charge in [0.15, 0.2) is 5.54 Å². The predicted molar refractivity (Wildman–Crippen MR) is 250 cm³/mol. The molecule has 0 saturated carbocycles. The summed E-state index contributed by atoms with van der Waals surface area (Å²) in [5.41, 5.74) is 5.35. The number of likely N-dealkylation sites (N-methyl/N-ethyl adjacent to an activating group) is 2. The van der Waals surface area contributed by atoms with E-state index in [4.69, 9.17) is 9.26 Å². The highest BCUT2D eigenvalue weighted by molar-refractivity contribution is 7.85. The quantitative estimate of drug-likeness (QED) is 0.0129. The Morgan fingerprint density at radius 3 is 2.13 bits per heavy atom. The van der Waals surface area contributed by atoms with E-state index in [0.29, 0.717) is 33.4 Å². The van der Waals surface area contributed by atoms with Crippen molar-refractivity contribution in [3.05, 3.63) is 122 Å². The van der Waals surface area contributed by atoms with Crippen LogP contribution in [0.5, 0.6) is 17.2 Å². The van der Waals surface area contributed by atoms with Gasteiger partial charge in [-0.15, -0.1) is 0 Å². The molecule has 7 rings (SSSR count). The Morgan fingerprint density at radius 2 is 1.48 bits per heavy atom. The van der Waals surface area contributed by atoms with Crippen molar-refractivity contribution < 1.29 is 68.0 Å². The molecule has 69 heavy (non-hydrogen) atoms. The van der Waals surface area contributed by atoms with E-state index in [1.807, 2.05) is 52.2 Å². The van der Waals surface area contributed by atoms with Gasteiger partial charge in [-0.25, -0.2) is 17.7 Å². The van der Waals surface area contributed by atoms with Crippen LogP contribution >= 0.6 is 7.60 Å². The van der Waals surface area contributed by atoms with E-state index < -0.39 is 83.1 Å². The SMILES string of the molecule is CC1=CC(C)(C)N(C)c2cc3c(cc21)C(c1ccc(P(=O)(O)OCCCCCC(=O)Oc2c(F)c(F)c(F)c(F)c2F)cc1C(=O)N(C)CCS(=O)(=O)O)=c1cc2c(cc1O3)=[N+](C)C(C)(C)C=C2C. The number of halogens is 5. The molecule has 0 spiro atoms. The maximum atomic E-state index is 14.6. The third kappa shape index (κ3) is 9.89. The summed E-state index contributed by atoms with van der Waals surface area (Å²) >= 11 is 0. The number of fused-ring (bicyclic) bond motifs is 4. The summed E-state index contributed by atoms with van der Waals surface area (Å²) in [6.45, 7) is 11.6. The number of esters is 1. The van der Waals surface area contributed by atoms with Crippen LogP contribution in [0.4, 0.5) is 27.6 Å². The van der Waals surface area contributed by atoms with Gasteiger partial charge < -0.3 is 28.7 Å². The van der Waals surface area contributed by atoms with Crippen LogP contribution in [0.2, 0.25) is 0 Å². The zero-order valence-corrected chi connectivity index (χ0v) is 41.1. The number of hydrogen-bond donors (Lipinski definition) is 2. The van der Waals surface area contributed by atoms with E-state index in [1.54, 1.807) is 0 Å². The summed E-state index contributed by atoms with van der Waals surface area (Å²) in [6.07, 6.45) is 3.95. The molecular formula is C49H52F5N3O10PS+. The van der Waals surface area contributed by atoms with Gasteiger partial charge in [0, 0.05) is 85.7 Å². The molecule has 20 heteroatoms. The molecule has 13 nitrogen and oxygen atoms in total. The van der Waals surface area contributed by atoms with Crippen LogP contribution < -0.4 is 34.8 Å². The molecule has 3 aliphatic heterocycles. The number of nitrogens with zero attached hydrogens (tertiary/aromatic N) is 3. The molecule has 4 aromatic rings. The summed E-state index contributed by atoms with van der Waals surface area (Å²) in [5.74, 6) is -15.2. The van der Waals surface area contributed by atoms with Crippen LogP contribution in [0.3, 0.4) is 0 Å². The summed E-state index contributed by atoms with van der Waals surface area (Å²) in [5, 5.41) is 1.21. The third-order valence-corrected chi connectivity index (χ3v) is 15.1. The maximum Gasteiger partial charge on any atom is 0.358 e. The first-order chi connectivity index (χ1) is 32.0. The van der Waals surface area contributed by atoms with Crippen LogP contribution in [0.1, 0.15) is 99.8 Å². The van der Waals surface area contributed by atoms with E-state index >= 15 is 0 Å². The van der Waals surface area contributed by atoms with Gasteiger partial charge in [0.05, 0.1) is 29.3 Å². The summed E-state index contributed by atoms with van der Waals surface area (Å²) in [7, 11) is -3.95. The molecule has 0 aromatic heterocycles. The number of rotatable bonds is 14. The number of carbonyl (C=O) groups is 2. The van der Waals surface area contributed by atoms with Gasteiger partial charge >= 0.3 is 13.6 Å². The lowest BCUT2D eigenvalue weighted by atomic mass is 9.83. The maximum absolute atomic E-state index is 14.6. The van der Waals surface area contributed by atoms with Crippen LogP contribution in [-0.2, 0) is 24.0 Å². The van der Waals surface area contributed by atoms with Gasteiger partial charge in [-0.2, -0.15) is 17.2 Å². The van der Waals surface area contributed by atoms with E-state index in [2.05, 4.69) is 54.1 Å². The van der Waals surface area contributed by atoms with Crippen molar-refractivity contribution in [1.82, 2.24) is 9.48 Å². The lowest BCUT2D eigenvalue weighted by Gasteiger charge is -2.41. The molecule has 0 bridgehead atoms. The number of allylic oxidation sites excluding steroid dienone is 2. The largest absolute Gasteiger partial charge is 0.456 e. The lowest BCUT2D eigenvalue weighted by Crippen LogP contribution is -2.47. The monoisotopic (exact) mass is 1000 g/mol. The first-order valence-corrected chi connectivity index (χ1v) is 25.1. The smallest absolute Gasteiger partial charge is 0.358 e. The minimum absolute atomic E-state index is 0.0268. The van der Waals surface area contributed by atoms with Gasteiger partial charge in [-0.3, -0.25) is 18.7 Å². The summed E-state index contributed by atoms with van der Waals surface area (Å²) in [6, 6.07) is 11.9. The Bertz CT molecular complexity index is 3200. The van der Waals surface area contributed by atoms with Crippen LogP contribution in [-0.4, -0.2) is 85.8 Å². The van der Waals surface area contributed by atoms with Gasteiger partial charge in [0.1, 0.15) is 18.5 Å². The van der Waals surface area contributed by atoms with Crippen molar-refractivity contribution in [2.75, 3.05) is 44.9 Å². The van der Waals surface area contributed by atoms with E-state index in [0.717, 1.165) is 38.2 Å². The number of amides is 1. The Kier molecular flexibility index (Phi) is 13.7. The van der Waals surface area contributed by atoms with Crippen molar-refractivity contribution in [2.24, 2.45) is 0 Å². The number of ether oxygens (including phenoxy) is 2. The van der Waals surface area contributed by atoms with Gasteiger partial charge in [0.2, 0.25) is 40.2 Å². The highest BCUT2D eigenvalue weighted by atomic mass is 32.2. The zero-order chi connectivity index (χ0) is 50.9. The fourth-order valence-electron chi connectivity index (χ4n) is 8.78. The number of anilines is 1. The second kappa shape index (κ2) is 18.6.